The van der Waals surface area contributed by atoms with E-state index in [1.165, 1.54) is 4.31 Å². The van der Waals surface area contributed by atoms with Crippen LogP contribution >= 0.6 is 0 Å². The molecule has 0 spiro atoms. The first-order valence-corrected chi connectivity index (χ1v) is 12.5. The van der Waals surface area contributed by atoms with E-state index in [9.17, 15) is 18.0 Å². The van der Waals surface area contributed by atoms with Crippen LogP contribution in [0.4, 0.5) is 5.69 Å². The third-order valence-corrected chi connectivity index (χ3v) is 7.54. The predicted molar refractivity (Wildman–Crippen MR) is 125 cm³/mol. The molecule has 1 atom stereocenters. The molecule has 2 aromatic carbocycles. The van der Waals surface area contributed by atoms with E-state index in [1.54, 1.807) is 48.5 Å². The van der Waals surface area contributed by atoms with Crippen molar-refractivity contribution in [1.82, 2.24) is 9.62 Å². The Kier molecular flexibility index (Phi) is 8.04. The Balaban J connectivity index is 1.70. The lowest BCUT2D eigenvalue weighted by Crippen LogP contribution is -2.43. The lowest BCUT2D eigenvalue weighted by molar-refractivity contribution is -0.120. The van der Waals surface area contributed by atoms with Gasteiger partial charge in [-0.05, 0) is 50.5 Å². The minimum absolute atomic E-state index is 0.118. The number of nitrogens with one attached hydrogen (secondary N) is 2. The molecule has 0 unspecified atom stereocenters. The number of rotatable bonds is 8. The fourth-order valence-electron chi connectivity index (χ4n) is 3.73. The number of amides is 2. The van der Waals surface area contributed by atoms with Crippen LogP contribution in [0, 0.1) is 12.8 Å². The van der Waals surface area contributed by atoms with E-state index in [2.05, 4.69) is 10.6 Å². The summed E-state index contributed by atoms with van der Waals surface area (Å²) in [6, 6.07) is 13.6. The number of sulfonamides is 1. The Morgan fingerprint density at radius 3 is 2.53 bits per heavy atom. The van der Waals surface area contributed by atoms with Gasteiger partial charge in [-0.3, -0.25) is 9.59 Å². The number of nitrogens with zero attached hydrogens (tertiary/aromatic N) is 1. The van der Waals surface area contributed by atoms with Gasteiger partial charge in [0.15, 0.2) is 0 Å². The van der Waals surface area contributed by atoms with Crippen molar-refractivity contribution in [3.8, 4) is 0 Å². The maximum absolute atomic E-state index is 13.0. The molecule has 0 aromatic heterocycles. The first-order valence-electron chi connectivity index (χ1n) is 11.1. The third kappa shape index (κ3) is 5.75. The van der Waals surface area contributed by atoms with Gasteiger partial charge in [-0.15, -0.1) is 0 Å². The van der Waals surface area contributed by atoms with Crippen LogP contribution in [0.2, 0.25) is 0 Å². The molecule has 0 aliphatic carbocycles. The number of hydrogen-bond donors (Lipinski definition) is 2. The number of carbonyl (C=O) groups is 2. The second kappa shape index (κ2) is 10.7. The van der Waals surface area contributed by atoms with E-state index < -0.39 is 15.9 Å². The summed E-state index contributed by atoms with van der Waals surface area (Å²) in [5.74, 6) is -0.996. The first-order chi connectivity index (χ1) is 15.3. The normalized spacial score (nSPS) is 17.0. The number of benzene rings is 2. The van der Waals surface area contributed by atoms with Gasteiger partial charge in [-0.1, -0.05) is 43.2 Å². The molecular weight excluding hydrogens is 426 g/mol. The van der Waals surface area contributed by atoms with Crippen molar-refractivity contribution >= 4 is 27.5 Å². The lowest BCUT2D eigenvalue weighted by atomic mass is 9.98. The molecule has 1 aliphatic heterocycles. The van der Waals surface area contributed by atoms with Crippen LogP contribution < -0.4 is 10.6 Å². The summed E-state index contributed by atoms with van der Waals surface area (Å²) < 4.78 is 27.5. The molecule has 1 fully saturated rings. The van der Waals surface area contributed by atoms with E-state index in [0.717, 1.165) is 18.4 Å². The largest absolute Gasteiger partial charge is 0.352 e. The van der Waals surface area contributed by atoms with Gasteiger partial charge in [0.25, 0.3) is 5.91 Å². The van der Waals surface area contributed by atoms with E-state index in [0.29, 0.717) is 37.2 Å². The van der Waals surface area contributed by atoms with Crippen LogP contribution in [0.1, 0.15) is 48.5 Å². The van der Waals surface area contributed by atoms with Crippen molar-refractivity contribution in [2.45, 2.75) is 44.4 Å². The maximum Gasteiger partial charge on any atom is 0.253 e. The quantitative estimate of drug-likeness (QED) is 0.593. The highest BCUT2D eigenvalue weighted by molar-refractivity contribution is 7.89. The summed E-state index contributed by atoms with van der Waals surface area (Å²) in [4.78, 5) is 25.7. The molecule has 1 heterocycles. The standard InChI is InChI=1S/C24H31N3O4S/c1-3-4-15-25-24(29)21-9-5-6-10-22(21)26-23(28)19-8-7-16-27(17-19)32(30,31)20-13-11-18(2)12-14-20/h5-6,9-14,19H,3-4,7-8,15-17H2,1-2H3,(H,25,29)(H,26,28)/t19-/m0/s1. The molecule has 1 aliphatic rings. The molecule has 7 nitrogen and oxygen atoms in total. The topological polar surface area (TPSA) is 95.6 Å². The first kappa shape index (κ1) is 23.9. The highest BCUT2D eigenvalue weighted by atomic mass is 32.2. The van der Waals surface area contributed by atoms with Crippen molar-refractivity contribution < 1.29 is 18.0 Å². The van der Waals surface area contributed by atoms with Crippen LogP contribution in [0.25, 0.3) is 0 Å². The van der Waals surface area contributed by atoms with Crippen LogP contribution in [0.15, 0.2) is 53.4 Å². The van der Waals surface area contributed by atoms with E-state index in [-0.39, 0.29) is 23.3 Å². The van der Waals surface area contributed by atoms with Crippen LogP contribution in [0.3, 0.4) is 0 Å². The van der Waals surface area contributed by atoms with Gasteiger partial charge >= 0.3 is 0 Å². The zero-order valence-corrected chi connectivity index (χ0v) is 19.5. The van der Waals surface area contributed by atoms with Gasteiger partial charge in [0.2, 0.25) is 15.9 Å². The minimum Gasteiger partial charge on any atom is -0.352 e. The lowest BCUT2D eigenvalue weighted by Gasteiger charge is -2.31. The summed E-state index contributed by atoms with van der Waals surface area (Å²) in [5, 5.41) is 5.71. The molecule has 0 saturated carbocycles. The monoisotopic (exact) mass is 457 g/mol. The fourth-order valence-corrected chi connectivity index (χ4v) is 5.26. The smallest absolute Gasteiger partial charge is 0.253 e. The van der Waals surface area contributed by atoms with Crippen LogP contribution in [-0.2, 0) is 14.8 Å². The van der Waals surface area contributed by atoms with E-state index in [1.807, 2.05) is 13.8 Å². The molecule has 2 N–H and O–H groups in total. The average molecular weight is 458 g/mol. The number of para-hydroxylation sites is 1. The minimum atomic E-state index is -3.66. The zero-order chi connectivity index (χ0) is 23.1. The fraction of sp³-hybridized carbons (Fsp3) is 0.417. The summed E-state index contributed by atoms with van der Waals surface area (Å²) in [7, 11) is -3.66. The molecule has 2 amide bonds. The molecule has 2 aromatic rings. The Bertz CT molecular complexity index is 1050. The van der Waals surface area contributed by atoms with Gasteiger partial charge in [-0.2, -0.15) is 4.31 Å². The molecule has 172 valence electrons. The van der Waals surface area contributed by atoms with E-state index >= 15 is 0 Å². The zero-order valence-electron chi connectivity index (χ0n) is 18.6. The van der Waals surface area contributed by atoms with E-state index in [4.69, 9.17) is 0 Å². The molecule has 0 bridgehead atoms. The molecular formula is C24H31N3O4S. The number of carbonyl (C=O) groups excluding carboxylic acids is 2. The van der Waals surface area contributed by atoms with Gasteiger partial charge in [0.05, 0.1) is 22.1 Å². The molecule has 1 saturated heterocycles. The number of hydrogen-bond acceptors (Lipinski definition) is 4. The summed E-state index contributed by atoms with van der Waals surface area (Å²) >= 11 is 0. The number of unbranched alkanes of at least 4 members (excludes halogenated alkanes) is 1. The van der Waals surface area contributed by atoms with Crippen molar-refractivity contribution in [3.05, 3.63) is 59.7 Å². The second-order valence-electron chi connectivity index (χ2n) is 8.16. The van der Waals surface area contributed by atoms with Gasteiger partial charge in [-0.25, -0.2) is 8.42 Å². The number of anilines is 1. The average Bonchev–Trinajstić information content (AvgIpc) is 2.80. The van der Waals surface area contributed by atoms with Crippen molar-refractivity contribution in [3.63, 3.8) is 0 Å². The Morgan fingerprint density at radius 1 is 1.09 bits per heavy atom. The van der Waals surface area contributed by atoms with Gasteiger partial charge < -0.3 is 10.6 Å². The summed E-state index contributed by atoms with van der Waals surface area (Å²) in [5.41, 5.74) is 1.82. The van der Waals surface area contributed by atoms with Gasteiger partial charge in [0.1, 0.15) is 0 Å². The highest BCUT2D eigenvalue weighted by Crippen LogP contribution is 2.25. The Morgan fingerprint density at radius 2 is 1.81 bits per heavy atom. The van der Waals surface area contributed by atoms with Crippen molar-refractivity contribution in [1.29, 1.82) is 0 Å². The van der Waals surface area contributed by atoms with Crippen LogP contribution in [0.5, 0.6) is 0 Å². The van der Waals surface area contributed by atoms with Crippen LogP contribution in [-0.4, -0.2) is 44.2 Å². The maximum atomic E-state index is 13.0. The summed E-state index contributed by atoms with van der Waals surface area (Å²) in [6.07, 6.45) is 3.05. The second-order valence-corrected chi connectivity index (χ2v) is 10.1. The van der Waals surface area contributed by atoms with Crippen molar-refractivity contribution in [2.75, 3.05) is 25.0 Å². The Hall–Kier alpha value is -2.71. The Labute approximate surface area is 190 Å². The third-order valence-electron chi connectivity index (χ3n) is 5.66. The van der Waals surface area contributed by atoms with Gasteiger partial charge in [0, 0.05) is 19.6 Å². The molecule has 3 rings (SSSR count). The SMILES string of the molecule is CCCCNC(=O)c1ccccc1NC(=O)[C@H]1CCCN(S(=O)(=O)c2ccc(C)cc2)C1. The van der Waals surface area contributed by atoms with Crippen molar-refractivity contribution in [2.24, 2.45) is 5.92 Å². The number of piperidine rings is 1. The molecule has 32 heavy (non-hydrogen) atoms. The number of aryl methyl sites for hydroxylation is 1. The summed E-state index contributed by atoms with van der Waals surface area (Å²) in [6.45, 7) is 5.03. The highest BCUT2D eigenvalue weighted by Gasteiger charge is 2.33. The molecule has 0 radical (unpaired) electrons. The molecule has 8 heteroatoms. The predicted octanol–water partition coefficient (Wildman–Crippen LogP) is 3.56.